The zero-order chi connectivity index (χ0) is 13.1. The van der Waals surface area contributed by atoms with E-state index in [-0.39, 0.29) is 11.3 Å². The Labute approximate surface area is 117 Å². The highest BCUT2D eigenvalue weighted by atomic mass is 79.9. The molecular formula is C13H10BrFO2S. The molecule has 0 spiro atoms. The molecule has 2 rings (SSSR count). The van der Waals surface area contributed by atoms with E-state index in [2.05, 4.69) is 15.9 Å². The quantitative estimate of drug-likeness (QED) is 0.776. The monoisotopic (exact) mass is 328 g/mol. The number of benzene rings is 1. The lowest BCUT2D eigenvalue weighted by atomic mass is 10.1. The Balaban J connectivity index is 2.06. The molecule has 0 atom stereocenters. The van der Waals surface area contributed by atoms with E-state index in [0.717, 1.165) is 8.66 Å². The molecule has 0 saturated heterocycles. The SMILES string of the molecule is CC(=O)c1ccc(OCc2ccc(Br)s2)cc1F. The van der Waals surface area contributed by atoms with E-state index >= 15 is 0 Å². The number of ether oxygens (including phenoxy) is 1. The van der Waals surface area contributed by atoms with Gasteiger partial charge in [0.2, 0.25) is 0 Å². The standard InChI is InChI=1S/C13H10BrFO2S/c1-8(16)11-4-2-9(6-12(11)15)17-7-10-3-5-13(14)18-10/h2-6H,7H2,1H3. The highest BCUT2D eigenvalue weighted by molar-refractivity contribution is 9.11. The molecule has 0 fully saturated rings. The van der Waals surface area contributed by atoms with Gasteiger partial charge in [0.1, 0.15) is 18.2 Å². The largest absolute Gasteiger partial charge is 0.488 e. The molecule has 2 aromatic rings. The molecule has 1 heterocycles. The summed E-state index contributed by atoms with van der Waals surface area (Å²) in [7, 11) is 0. The van der Waals surface area contributed by atoms with E-state index in [0.29, 0.717) is 12.4 Å². The Bertz CT molecular complexity index is 580. The third-order valence-electron chi connectivity index (χ3n) is 2.33. The number of carbonyl (C=O) groups excluding carboxylic acids is 1. The van der Waals surface area contributed by atoms with E-state index in [9.17, 15) is 9.18 Å². The first kappa shape index (κ1) is 13.2. The van der Waals surface area contributed by atoms with Crippen molar-refractivity contribution >= 4 is 33.0 Å². The van der Waals surface area contributed by atoms with Crippen molar-refractivity contribution in [1.29, 1.82) is 0 Å². The molecule has 0 N–H and O–H groups in total. The molecule has 18 heavy (non-hydrogen) atoms. The molecule has 0 bridgehead atoms. The Kier molecular flexibility index (Phi) is 4.14. The van der Waals surface area contributed by atoms with E-state index in [1.54, 1.807) is 17.4 Å². The number of ketones is 1. The minimum absolute atomic E-state index is 0.0845. The molecule has 0 unspecified atom stereocenters. The van der Waals surface area contributed by atoms with Crippen LogP contribution in [0.5, 0.6) is 5.75 Å². The smallest absolute Gasteiger partial charge is 0.162 e. The summed E-state index contributed by atoms with van der Waals surface area (Å²) in [5, 5.41) is 0. The zero-order valence-electron chi connectivity index (χ0n) is 9.57. The van der Waals surface area contributed by atoms with Gasteiger partial charge in [0, 0.05) is 10.9 Å². The number of Topliss-reactive ketones (excluding diaryl/α,β-unsaturated/α-hetero) is 1. The highest BCUT2D eigenvalue weighted by Gasteiger charge is 2.08. The molecule has 0 aliphatic heterocycles. The van der Waals surface area contributed by atoms with Crippen LogP contribution in [-0.4, -0.2) is 5.78 Å². The lowest BCUT2D eigenvalue weighted by Gasteiger charge is -2.06. The summed E-state index contributed by atoms with van der Waals surface area (Å²) in [5.74, 6) is -0.421. The van der Waals surface area contributed by atoms with E-state index in [1.165, 1.54) is 19.1 Å². The highest BCUT2D eigenvalue weighted by Crippen LogP contribution is 2.24. The van der Waals surface area contributed by atoms with Crippen LogP contribution < -0.4 is 4.74 Å². The minimum atomic E-state index is -0.549. The van der Waals surface area contributed by atoms with Crippen LogP contribution in [0, 0.1) is 5.82 Å². The first-order valence-corrected chi connectivity index (χ1v) is 6.84. The van der Waals surface area contributed by atoms with E-state index < -0.39 is 5.82 Å². The normalized spacial score (nSPS) is 10.4. The fourth-order valence-corrected chi connectivity index (χ4v) is 2.85. The fourth-order valence-electron chi connectivity index (χ4n) is 1.45. The van der Waals surface area contributed by atoms with Crippen molar-refractivity contribution in [3.63, 3.8) is 0 Å². The molecule has 1 aromatic heterocycles. The topological polar surface area (TPSA) is 26.3 Å². The summed E-state index contributed by atoms with van der Waals surface area (Å²) < 4.78 is 20.0. The van der Waals surface area contributed by atoms with Gasteiger partial charge in [0.05, 0.1) is 9.35 Å². The molecule has 2 nitrogen and oxygen atoms in total. The molecule has 94 valence electrons. The number of hydrogen-bond donors (Lipinski definition) is 0. The Morgan fingerprint density at radius 1 is 1.39 bits per heavy atom. The van der Waals surface area contributed by atoms with Crippen molar-refractivity contribution in [2.45, 2.75) is 13.5 Å². The number of thiophene rings is 1. The number of rotatable bonds is 4. The Morgan fingerprint density at radius 2 is 2.17 bits per heavy atom. The van der Waals surface area contributed by atoms with Crippen LogP contribution in [0.1, 0.15) is 22.2 Å². The number of hydrogen-bond acceptors (Lipinski definition) is 3. The first-order chi connectivity index (χ1) is 8.56. The number of carbonyl (C=O) groups is 1. The summed E-state index contributed by atoms with van der Waals surface area (Å²) in [4.78, 5) is 12.1. The van der Waals surface area contributed by atoms with Crippen LogP contribution in [0.3, 0.4) is 0 Å². The summed E-state index contributed by atoms with van der Waals surface area (Å²) in [5.41, 5.74) is 0.0845. The van der Waals surface area contributed by atoms with Crippen LogP contribution in [-0.2, 0) is 6.61 Å². The van der Waals surface area contributed by atoms with Gasteiger partial charge >= 0.3 is 0 Å². The molecule has 1 aromatic carbocycles. The maximum Gasteiger partial charge on any atom is 0.162 e. The van der Waals surface area contributed by atoms with Crippen LogP contribution >= 0.6 is 27.3 Å². The van der Waals surface area contributed by atoms with Crippen molar-refractivity contribution in [2.75, 3.05) is 0 Å². The van der Waals surface area contributed by atoms with Gasteiger partial charge in [-0.25, -0.2) is 4.39 Å². The predicted octanol–water partition coefficient (Wildman–Crippen LogP) is 4.43. The Hall–Kier alpha value is -1.20. The van der Waals surface area contributed by atoms with Crippen LogP contribution in [0.2, 0.25) is 0 Å². The third kappa shape index (κ3) is 3.17. The minimum Gasteiger partial charge on any atom is -0.488 e. The molecule has 0 radical (unpaired) electrons. The van der Waals surface area contributed by atoms with E-state index in [1.807, 2.05) is 12.1 Å². The lowest BCUT2D eigenvalue weighted by molar-refractivity contribution is 0.101. The van der Waals surface area contributed by atoms with Crippen molar-refractivity contribution < 1.29 is 13.9 Å². The molecule has 0 aliphatic rings. The van der Waals surface area contributed by atoms with Gasteiger partial charge < -0.3 is 4.74 Å². The van der Waals surface area contributed by atoms with Gasteiger partial charge in [-0.1, -0.05) is 0 Å². The van der Waals surface area contributed by atoms with Crippen LogP contribution in [0.4, 0.5) is 4.39 Å². The summed E-state index contributed by atoms with van der Waals surface area (Å²) >= 11 is 4.92. The van der Waals surface area contributed by atoms with Gasteiger partial charge in [-0.3, -0.25) is 4.79 Å². The van der Waals surface area contributed by atoms with Gasteiger partial charge in [-0.05, 0) is 47.1 Å². The average molecular weight is 329 g/mol. The van der Waals surface area contributed by atoms with E-state index in [4.69, 9.17) is 4.74 Å². The summed E-state index contributed by atoms with van der Waals surface area (Å²) in [6.07, 6.45) is 0. The maximum absolute atomic E-state index is 13.5. The average Bonchev–Trinajstić information content (AvgIpc) is 2.72. The van der Waals surface area contributed by atoms with Crippen LogP contribution in [0.15, 0.2) is 34.1 Å². The molecule has 0 saturated carbocycles. The zero-order valence-corrected chi connectivity index (χ0v) is 12.0. The molecule has 0 aliphatic carbocycles. The Morgan fingerprint density at radius 3 is 2.72 bits per heavy atom. The predicted molar refractivity (Wildman–Crippen MR) is 72.8 cm³/mol. The van der Waals surface area contributed by atoms with Gasteiger partial charge in [-0.2, -0.15) is 0 Å². The van der Waals surface area contributed by atoms with Crippen molar-refractivity contribution in [2.24, 2.45) is 0 Å². The first-order valence-electron chi connectivity index (χ1n) is 5.24. The summed E-state index contributed by atoms with van der Waals surface area (Å²) in [6, 6.07) is 8.15. The van der Waals surface area contributed by atoms with Gasteiger partial charge in [0.25, 0.3) is 0 Å². The van der Waals surface area contributed by atoms with Gasteiger partial charge in [-0.15, -0.1) is 11.3 Å². The van der Waals surface area contributed by atoms with Gasteiger partial charge in [0.15, 0.2) is 5.78 Å². The van der Waals surface area contributed by atoms with Crippen molar-refractivity contribution in [3.8, 4) is 5.75 Å². The lowest BCUT2D eigenvalue weighted by Crippen LogP contribution is -1.99. The number of halogens is 2. The summed E-state index contributed by atoms with van der Waals surface area (Å²) in [6.45, 7) is 1.72. The second kappa shape index (κ2) is 5.63. The van der Waals surface area contributed by atoms with Crippen molar-refractivity contribution in [1.82, 2.24) is 0 Å². The molecule has 0 amide bonds. The fraction of sp³-hybridized carbons (Fsp3) is 0.154. The molecule has 5 heteroatoms. The second-order valence-electron chi connectivity index (χ2n) is 3.69. The maximum atomic E-state index is 13.5. The third-order valence-corrected chi connectivity index (χ3v) is 3.93. The molecular weight excluding hydrogens is 319 g/mol. The van der Waals surface area contributed by atoms with Crippen molar-refractivity contribution in [3.05, 3.63) is 50.4 Å². The van der Waals surface area contributed by atoms with Crippen LogP contribution in [0.25, 0.3) is 0 Å². The second-order valence-corrected chi connectivity index (χ2v) is 6.24.